The summed E-state index contributed by atoms with van der Waals surface area (Å²) in [4.78, 5) is 10.3. The summed E-state index contributed by atoms with van der Waals surface area (Å²) < 4.78 is 0. The van der Waals surface area contributed by atoms with E-state index >= 15 is 0 Å². The van der Waals surface area contributed by atoms with E-state index in [1.807, 2.05) is 6.07 Å². The van der Waals surface area contributed by atoms with Crippen LogP contribution in [0.15, 0.2) is 18.2 Å². The standard InChI is InChI=1S/C12H15NO2/c1-8(2)10-5-9-3-4-12(13(14)15)7-11(9)6-10/h3-4,7-8,10H,5-6H2,1-2H3. The van der Waals surface area contributed by atoms with Crippen molar-refractivity contribution in [2.45, 2.75) is 26.7 Å². The summed E-state index contributed by atoms with van der Waals surface area (Å²) in [7, 11) is 0. The minimum Gasteiger partial charge on any atom is -0.258 e. The first kappa shape index (κ1) is 10.1. The zero-order chi connectivity index (χ0) is 11.0. The molecule has 0 radical (unpaired) electrons. The Bertz CT molecular complexity index is 399. The molecule has 1 aliphatic carbocycles. The summed E-state index contributed by atoms with van der Waals surface area (Å²) in [6.07, 6.45) is 2.07. The highest BCUT2D eigenvalue weighted by atomic mass is 16.6. The van der Waals surface area contributed by atoms with Crippen LogP contribution in [0.25, 0.3) is 0 Å². The maximum absolute atomic E-state index is 10.6. The van der Waals surface area contributed by atoms with Gasteiger partial charge in [-0.25, -0.2) is 0 Å². The van der Waals surface area contributed by atoms with Gasteiger partial charge in [-0.15, -0.1) is 0 Å². The van der Waals surface area contributed by atoms with E-state index in [0.717, 1.165) is 12.8 Å². The van der Waals surface area contributed by atoms with Gasteiger partial charge >= 0.3 is 0 Å². The summed E-state index contributed by atoms with van der Waals surface area (Å²) in [5, 5.41) is 10.6. The second kappa shape index (κ2) is 3.65. The molecule has 1 atom stereocenters. The number of non-ortho nitro benzene ring substituents is 1. The lowest BCUT2D eigenvalue weighted by atomic mass is 9.93. The maximum atomic E-state index is 10.6. The fraction of sp³-hybridized carbons (Fsp3) is 0.500. The third-order valence-electron chi connectivity index (χ3n) is 3.31. The van der Waals surface area contributed by atoms with Crippen LogP contribution < -0.4 is 0 Å². The Morgan fingerprint density at radius 1 is 1.33 bits per heavy atom. The first-order valence-electron chi connectivity index (χ1n) is 5.34. The number of fused-ring (bicyclic) bond motifs is 1. The van der Waals surface area contributed by atoms with Crippen LogP contribution in [-0.2, 0) is 12.8 Å². The van der Waals surface area contributed by atoms with Crippen LogP contribution in [0.3, 0.4) is 0 Å². The van der Waals surface area contributed by atoms with Gasteiger partial charge in [0.25, 0.3) is 5.69 Å². The Balaban J connectivity index is 2.27. The molecule has 0 saturated heterocycles. The molecule has 1 aromatic carbocycles. The molecule has 0 heterocycles. The van der Waals surface area contributed by atoms with E-state index in [1.54, 1.807) is 12.1 Å². The molecule has 2 rings (SSSR count). The van der Waals surface area contributed by atoms with Gasteiger partial charge in [-0.1, -0.05) is 19.9 Å². The fourth-order valence-corrected chi connectivity index (χ4v) is 2.22. The zero-order valence-electron chi connectivity index (χ0n) is 9.06. The molecule has 1 unspecified atom stereocenters. The van der Waals surface area contributed by atoms with E-state index in [1.165, 1.54) is 11.1 Å². The van der Waals surface area contributed by atoms with Crippen LogP contribution >= 0.6 is 0 Å². The second-order valence-corrected chi connectivity index (χ2v) is 4.62. The summed E-state index contributed by atoms with van der Waals surface area (Å²) in [6.45, 7) is 4.43. The number of benzene rings is 1. The molecule has 0 amide bonds. The highest BCUT2D eigenvalue weighted by molar-refractivity contribution is 5.42. The SMILES string of the molecule is CC(C)C1Cc2ccc([N+](=O)[O-])cc2C1. The normalized spacial score (nSPS) is 19.3. The van der Waals surface area contributed by atoms with Gasteiger partial charge in [0.15, 0.2) is 0 Å². The van der Waals surface area contributed by atoms with Crippen molar-refractivity contribution in [3.8, 4) is 0 Å². The van der Waals surface area contributed by atoms with Crippen LogP contribution in [-0.4, -0.2) is 4.92 Å². The lowest BCUT2D eigenvalue weighted by Crippen LogP contribution is -2.07. The van der Waals surface area contributed by atoms with Gasteiger partial charge in [-0.3, -0.25) is 10.1 Å². The van der Waals surface area contributed by atoms with Gasteiger partial charge in [-0.05, 0) is 35.8 Å². The largest absolute Gasteiger partial charge is 0.269 e. The first-order valence-corrected chi connectivity index (χ1v) is 5.34. The third kappa shape index (κ3) is 1.87. The quantitative estimate of drug-likeness (QED) is 0.550. The van der Waals surface area contributed by atoms with Crippen LogP contribution in [0.5, 0.6) is 0 Å². The topological polar surface area (TPSA) is 43.1 Å². The van der Waals surface area contributed by atoms with Crippen molar-refractivity contribution in [1.29, 1.82) is 0 Å². The molecule has 3 nitrogen and oxygen atoms in total. The Morgan fingerprint density at radius 3 is 2.60 bits per heavy atom. The Hall–Kier alpha value is -1.38. The van der Waals surface area contributed by atoms with Gasteiger partial charge < -0.3 is 0 Å². The minimum absolute atomic E-state index is 0.221. The molecule has 0 spiro atoms. The van der Waals surface area contributed by atoms with E-state index in [-0.39, 0.29) is 10.6 Å². The molecule has 15 heavy (non-hydrogen) atoms. The third-order valence-corrected chi connectivity index (χ3v) is 3.31. The molecular formula is C12H15NO2. The van der Waals surface area contributed by atoms with E-state index < -0.39 is 0 Å². The van der Waals surface area contributed by atoms with Gasteiger partial charge in [0.2, 0.25) is 0 Å². The Labute approximate surface area is 89.3 Å². The molecule has 0 aromatic heterocycles. The van der Waals surface area contributed by atoms with Crippen molar-refractivity contribution in [3.05, 3.63) is 39.4 Å². The predicted octanol–water partition coefficient (Wildman–Crippen LogP) is 2.97. The molecule has 1 aromatic rings. The average molecular weight is 205 g/mol. The second-order valence-electron chi connectivity index (χ2n) is 4.62. The van der Waals surface area contributed by atoms with Gasteiger partial charge in [0.05, 0.1) is 4.92 Å². The molecule has 0 fully saturated rings. The molecular weight excluding hydrogens is 190 g/mol. The van der Waals surface area contributed by atoms with Crippen molar-refractivity contribution in [1.82, 2.24) is 0 Å². The van der Waals surface area contributed by atoms with Crippen LogP contribution in [0.4, 0.5) is 5.69 Å². The monoisotopic (exact) mass is 205 g/mol. The summed E-state index contributed by atoms with van der Waals surface area (Å²) in [6, 6.07) is 5.26. The van der Waals surface area contributed by atoms with E-state index in [4.69, 9.17) is 0 Å². The molecule has 1 aliphatic rings. The average Bonchev–Trinajstić information content (AvgIpc) is 2.59. The molecule has 0 saturated carbocycles. The van der Waals surface area contributed by atoms with Gasteiger partial charge in [-0.2, -0.15) is 0 Å². The van der Waals surface area contributed by atoms with Gasteiger partial charge in [0.1, 0.15) is 0 Å². The van der Waals surface area contributed by atoms with Crippen molar-refractivity contribution < 1.29 is 4.92 Å². The number of hydrogen-bond acceptors (Lipinski definition) is 2. The molecule has 0 bridgehead atoms. The summed E-state index contributed by atoms with van der Waals surface area (Å²) >= 11 is 0. The zero-order valence-corrected chi connectivity index (χ0v) is 9.06. The minimum atomic E-state index is -0.316. The van der Waals surface area contributed by atoms with Crippen LogP contribution in [0.2, 0.25) is 0 Å². The van der Waals surface area contributed by atoms with E-state index in [0.29, 0.717) is 11.8 Å². The van der Waals surface area contributed by atoms with Crippen molar-refractivity contribution >= 4 is 5.69 Å². The number of nitro benzene ring substituents is 1. The smallest absolute Gasteiger partial charge is 0.258 e. The highest BCUT2D eigenvalue weighted by Gasteiger charge is 2.25. The van der Waals surface area contributed by atoms with Crippen molar-refractivity contribution in [2.75, 3.05) is 0 Å². The molecule has 0 N–H and O–H groups in total. The Kier molecular flexibility index (Phi) is 2.47. The van der Waals surface area contributed by atoms with E-state index in [2.05, 4.69) is 13.8 Å². The predicted molar refractivity (Wildman–Crippen MR) is 58.8 cm³/mol. The van der Waals surface area contributed by atoms with Crippen molar-refractivity contribution in [3.63, 3.8) is 0 Å². The number of nitro groups is 1. The van der Waals surface area contributed by atoms with Crippen molar-refractivity contribution in [2.24, 2.45) is 11.8 Å². The molecule has 80 valence electrons. The Morgan fingerprint density at radius 2 is 2.00 bits per heavy atom. The van der Waals surface area contributed by atoms with Crippen LogP contribution in [0, 0.1) is 22.0 Å². The lowest BCUT2D eigenvalue weighted by molar-refractivity contribution is -0.384. The van der Waals surface area contributed by atoms with E-state index in [9.17, 15) is 10.1 Å². The molecule has 0 aliphatic heterocycles. The van der Waals surface area contributed by atoms with Crippen LogP contribution in [0.1, 0.15) is 25.0 Å². The number of rotatable bonds is 2. The first-order chi connectivity index (χ1) is 7.08. The fourth-order valence-electron chi connectivity index (χ4n) is 2.22. The number of nitrogens with zero attached hydrogens (tertiary/aromatic N) is 1. The number of hydrogen-bond donors (Lipinski definition) is 0. The molecule has 3 heteroatoms. The summed E-state index contributed by atoms with van der Waals surface area (Å²) in [5.74, 6) is 1.30. The highest BCUT2D eigenvalue weighted by Crippen LogP contribution is 2.33. The lowest BCUT2D eigenvalue weighted by Gasteiger charge is -2.12. The maximum Gasteiger partial charge on any atom is 0.269 e. The summed E-state index contributed by atoms with van der Waals surface area (Å²) in [5.41, 5.74) is 2.68. The van der Waals surface area contributed by atoms with Gasteiger partial charge in [0, 0.05) is 12.1 Å².